The van der Waals surface area contributed by atoms with Crippen molar-refractivity contribution in [3.05, 3.63) is 33.3 Å². The smallest absolute Gasteiger partial charge is 0.0417 e. The van der Waals surface area contributed by atoms with Gasteiger partial charge >= 0.3 is 0 Å². The van der Waals surface area contributed by atoms with Crippen molar-refractivity contribution in [2.75, 3.05) is 0 Å². The summed E-state index contributed by atoms with van der Waals surface area (Å²) in [6.07, 6.45) is 2.09. The molecule has 0 aliphatic carbocycles. The number of halogens is 2. The second-order valence-corrected chi connectivity index (χ2v) is 4.35. The van der Waals surface area contributed by atoms with Crippen molar-refractivity contribution in [3.8, 4) is 0 Å². The van der Waals surface area contributed by atoms with Crippen molar-refractivity contribution in [1.29, 1.82) is 0 Å². The van der Waals surface area contributed by atoms with Gasteiger partial charge in [0.2, 0.25) is 0 Å². The molecule has 1 aromatic rings. The van der Waals surface area contributed by atoms with E-state index < -0.39 is 0 Å². The third-order valence-electron chi connectivity index (χ3n) is 1.96. The summed E-state index contributed by atoms with van der Waals surface area (Å²) in [5.74, 6) is 0. The Hall–Kier alpha value is -0.0500. The number of hydrogen-bond donors (Lipinski definition) is 1. The molecule has 0 aromatic heterocycles. The molecule has 0 amide bonds. The van der Waals surface area contributed by atoms with Crippen LogP contribution in [0.25, 0.3) is 0 Å². The molecule has 0 saturated carbocycles. The average molecular weight is 263 g/mol. The van der Waals surface area contributed by atoms with Crippen LogP contribution in [0.4, 0.5) is 0 Å². The molecule has 0 spiro atoms. The lowest BCUT2D eigenvalue weighted by Gasteiger charge is -2.12. The summed E-state index contributed by atoms with van der Waals surface area (Å²) in [6, 6.07) is 5.84. The fourth-order valence-corrected chi connectivity index (χ4v) is 2.25. The van der Waals surface area contributed by atoms with Gasteiger partial charge in [-0.1, -0.05) is 46.9 Å². The Balaban J connectivity index is 2.88. The first-order chi connectivity index (χ1) is 6.15. The van der Waals surface area contributed by atoms with Gasteiger partial charge in [0.25, 0.3) is 0 Å². The van der Waals surface area contributed by atoms with Gasteiger partial charge in [-0.15, -0.1) is 0 Å². The van der Waals surface area contributed by atoms with Crippen LogP contribution >= 0.6 is 27.5 Å². The summed E-state index contributed by atoms with van der Waals surface area (Å²) in [6.45, 7) is 2.13. The van der Waals surface area contributed by atoms with E-state index in [-0.39, 0.29) is 6.04 Å². The van der Waals surface area contributed by atoms with Crippen LogP contribution in [0.1, 0.15) is 31.4 Å². The molecule has 0 fully saturated rings. The van der Waals surface area contributed by atoms with Crippen molar-refractivity contribution in [3.63, 3.8) is 0 Å². The van der Waals surface area contributed by atoms with E-state index in [1.165, 1.54) is 0 Å². The van der Waals surface area contributed by atoms with Gasteiger partial charge < -0.3 is 5.73 Å². The van der Waals surface area contributed by atoms with E-state index in [0.29, 0.717) is 0 Å². The van der Waals surface area contributed by atoms with E-state index in [1.54, 1.807) is 0 Å². The highest BCUT2D eigenvalue weighted by Crippen LogP contribution is 2.27. The summed E-state index contributed by atoms with van der Waals surface area (Å²) in [7, 11) is 0. The van der Waals surface area contributed by atoms with Gasteiger partial charge in [0, 0.05) is 15.5 Å². The van der Waals surface area contributed by atoms with E-state index >= 15 is 0 Å². The second-order valence-electron chi connectivity index (χ2n) is 3.06. The monoisotopic (exact) mass is 261 g/mol. The molecule has 3 heteroatoms. The molecule has 13 heavy (non-hydrogen) atoms. The maximum Gasteiger partial charge on any atom is 0.0417 e. The first kappa shape index (κ1) is 11.0. The van der Waals surface area contributed by atoms with Gasteiger partial charge in [-0.05, 0) is 24.1 Å². The Kier molecular flexibility index (Phi) is 4.23. The van der Waals surface area contributed by atoms with E-state index in [4.69, 9.17) is 17.3 Å². The van der Waals surface area contributed by atoms with Crippen molar-refractivity contribution in [2.45, 2.75) is 25.8 Å². The Morgan fingerprint density at radius 2 is 2.23 bits per heavy atom. The molecule has 1 atom stereocenters. The van der Waals surface area contributed by atoms with Crippen LogP contribution in [-0.4, -0.2) is 0 Å². The number of nitrogens with two attached hydrogens (primary N) is 1. The predicted octanol–water partition coefficient (Wildman–Crippen LogP) is 3.90. The molecular weight excluding hydrogens is 249 g/mol. The second kappa shape index (κ2) is 4.99. The third kappa shape index (κ3) is 2.97. The van der Waals surface area contributed by atoms with Gasteiger partial charge in [0.15, 0.2) is 0 Å². The normalized spacial score (nSPS) is 12.9. The molecule has 1 rings (SSSR count). The van der Waals surface area contributed by atoms with E-state index in [9.17, 15) is 0 Å². The van der Waals surface area contributed by atoms with Crippen molar-refractivity contribution < 1.29 is 0 Å². The Morgan fingerprint density at radius 3 is 2.77 bits per heavy atom. The highest BCUT2D eigenvalue weighted by molar-refractivity contribution is 9.10. The standard InChI is InChI=1S/C10H13BrClN/c1-2-3-10(13)8-5-4-7(12)6-9(8)11/h4-6,10H,2-3,13H2,1H3/t10-/m1/s1. The Morgan fingerprint density at radius 1 is 1.54 bits per heavy atom. The average Bonchev–Trinajstić information content (AvgIpc) is 2.04. The van der Waals surface area contributed by atoms with Crippen LogP contribution in [0.2, 0.25) is 5.02 Å². The van der Waals surface area contributed by atoms with Crippen LogP contribution in [0.3, 0.4) is 0 Å². The summed E-state index contributed by atoms with van der Waals surface area (Å²) in [4.78, 5) is 0. The topological polar surface area (TPSA) is 26.0 Å². The molecule has 72 valence electrons. The SMILES string of the molecule is CCC[C@@H](N)c1ccc(Cl)cc1Br. The van der Waals surface area contributed by atoms with Crippen LogP contribution < -0.4 is 5.73 Å². The van der Waals surface area contributed by atoms with Crippen LogP contribution in [0.15, 0.2) is 22.7 Å². The van der Waals surface area contributed by atoms with Crippen molar-refractivity contribution >= 4 is 27.5 Å². The molecule has 0 aliphatic rings. The minimum atomic E-state index is 0.108. The van der Waals surface area contributed by atoms with E-state index in [1.807, 2.05) is 18.2 Å². The number of hydrogen-bond acceptors (Lipinski definition) is 1. The first-order valence-corrected chi connectivity index (χ1v) is 5.52. The fraction of sp³-hybridized carbons (Fsp3) is 0.400. The predicted molar refractivity (Wildman–Crippen MR) is 61.0 cm³/mol. The number of benzene rings is 1. The molecule has 0 unspecified atom stereocenters. The van der Waals surface area contributed by atoms with Crippen molar-refractivity contribution in [2.24, 2.45) is 5.73 Å². The molecule has 0 heterocycles. The minimum absolute atomic E-state index is 0.108. The van der Waals surface area contributed by atoms with Crippen LogP contribution in [0.5, 0.6) is 0 Å². The maximum absolute atomic E-state index is 5.98. The van der Waals surface area contributed by atoms with Gasteiger partial charge in [0.05, 0.1) is 0 Å². The summed E-state index contributed by atoms with van der Waals surface area (Å²) in [5.41, 5.74) is 7.11. The highest BCUT2D eigenvalue weighted by Gasteiger charge is 2.08. The van der Waals surface area contributed by atoms with Crippen LogP contribution in [-0.2, 0) is 0 Å². The maximum atomic E-state index is 5.98. The first-order valence-electron chi connectivity index (χ1n) is 4.35. The zero-order valence-corrected chi connectivity index (χ0v) is 9.90. The largest absolute Gasteiger partial charge is 0.324 e. The lowest BCUT2D eigenvalue weighted by atomic mass is 10.0. The van der Waals surface area contributed by atoms with Gasteiger partial charge in [-0.25, -0.2) is 0 Å². The van der Waals surface area contributed by atoms with E-state index in [0.717, 1.165) is 27.9 Å². The number of rotatable bonds is 3. The lowest BCUT2D eigenvalue weighted by molar-refractivity contribution is 0.636. The fourth-order valence-electron chi connectivity index (χ4n) is 1.27. The van der Waals surface area contributed by atoms with Gasteiger partial charge in [-0.2, -0.15) is 0 Å². The Labute approximate surface area is 92.4 Å². The van der Waals surface area contributed by atoms with Crippen LogP contribution in [0, 0.1) is 0 Å². The molecule has 2 N–H and O–H groups in total. The molecule has 0 bridgehead atoms. The molecule has 1 nitrogen and oxygen atoms in total. The van der Waals surface area contributed by atoms with Gasteiger partial charge in [-0.3, -0.25) is 0 Å². The van der Waals surface area contributed by atoms with Gasteiger partial charge in [0.1, 0.15) is 0 Å². The quantitative estimate of drug-likeness (QED) is 0.878. The lowest BCUT2D eigenvalue weighted by Crippen LogP contribution is -2.10. The zero-order chi connectivity index (χ0) is 9.84. The third-order valence-corrected chi connectivity index (χ3v) is 2.88. The zero-order valence-electron chi connectivity index (χ0n) is 7.56. The summed E-state index contributed by atoms with van der Waals surface area (Å²) >= 11 is 9.28. The van der Waals surface area contributed by atoms with E-state index in [2.05, 4.69) is 22.9 Å². The molecule has 0 aliphatic heterocycles. The molecule has 0 radical (unpaired) electrons. The molecular formula is C10H13BrClN. The Bertz CT molecular complexity index is 288. The van der Waals surface area contributed by atoms with Crippen molar-refractivity contribution in [1.82, 2.24) is 0 Å². The summed E-state index contributed by atoms with van der Waals surface area (Å²) in [5, 5.41) is 0.735. The molecule has 0 saturated heterocycles. The minimum Gasteiger partial charge on any atom is -0.324 e. The highest BCUT2D eigenvalue weighted by atomic mass is 79.9. The molecule has 1 aromatic carbocycles. The summed E-state index contributed by atoms with van der Waals surface area (Å²) < 4.78 is 1.00.